The first kappa shape index (κ1) is 32.9. The SMILES string of the molecule is CP1(=O)c2ccccc2-c2c(-c3cc(-c4ccc(-c5cc(-c6ccc(-c7ccccc7)cc6)nc(-c6ccccc6)n5)cc4)c4ccccc4c3)cccc21. The number of hydrogen-bond donors (Lipinski definition) is 0. The molecule has 55 heavy (non-hydrogen) atoms. The lowest BCUT2D eigenvalue weighted by atomic mass is 9.89. The van der Waals surface area contributed by atoms with Crippen LogP contribution in [-0.4, -0.2) is 16.6 Å². The molecule has 0 amide bonds. The molecule has 1 aliphatic rings. The molecule has 0 saturated heterocycles. The molecule has 0 fully saturated rings. The molecular weight excluding hydrogens is 688 g/mol. The van der Waals surface area contributed by atoms with Crippen molar-refractivity contribution in [3.8, 4) is 78.4 Å². The van der Waals surface area contributed by atoms with Crippen LogP contribution in [0.25, 0.3) is 89.2 Å². The molecule has 3 nitrogen and oxygen atoms in total. The summed E-state index contributed by atoms with van der Waals surface area (Å²) in [6.45, 7) is 1.90. The van der Waals surface area contributed by atoms with Crippen molar-refractivity contribution >= 4 is 28.5 Å². The predicted octanol–water partition coefficient (Wildman–Crippen LogP) is 12.6. The Kier molecular flexibility index (Phi) is 7.98. The molecule has 0 bridgehead atoms. The highest BCUT2D eigenvalue weighted by atomic mass is 31.2. The molecule has 9 aromatic rings. The molecule has 260 valence electrons. The number of rotatable bonds is 6. The Labute approximate surface area is 321 Å². The van der Waals surface area contributed by atoms with E-state index in [-0.39, 0.29) is 0 Å². The fraction of sp³-hybridized carbons (Fsp3) is 0.0196. The van der Waals surface area contributed by atoms with Gasteiger partial charge in [-0.2, -0.15) is 0 Å². The quantitative estimate of drug-likeness (QED) is 0.161. The minimum Gasteiger partial charge on any atom is -0.314 e. The number of hydrogen-bond acceptors (Lipinski definition) is 3. The van der Waals surface area contributed by atoms with Crippen LogP contribution in [-0.2, 0) is 4.57 Å². The van der Waals surface area contributed by atoms with E-state index in [4.69, 9.17) is 9.97 Å². The zero-order chi connectivity index (χ0) is 36.9. The summed E-state index contributed by atoms with van der Waals surface area (Å²) in [5.41, 5.74) is 13.8. The van der Waals surface area contributed by atoms with E-state index in [1.54, 1.807) is 0 Å². The van der Waals surface area contributed by atoms with Gasteiger partial charge in [0.1, 0.15) is 7.14 Å². The number of aromatic nitrogens is 2. The smallest absolute Gasteiger partial charge is 0.160 e. The molecule has 0 N–H and O–H groups in total. The first-order valence-electron chi connectivity index (χ1n) is 18.6. The van der Waals surface area contributed by atoms with Crippen LogP contribution in [0.3, 0.4) is 0 Å². The van der Waals surface area contributed by atoms with Gasteiger partial charge in [-0.05, 0) is 74.6 Å². The maximum atomic E-state index is 14.2. The molecule has 10 rings (SSSR count). The molecule has 2 heterocycles. The van der Waals surface area contributed by atoms with Crippen molar-refractivity contribution in [2.75, 3.05) is 6.66 Å². The van der Waals surface area contributed by atoms with E-state index in [0.717, 1.165) is 77.5 Å². The van der Waals surface area contributed by atoms with Gasteiger partial charge in [0.2, 0.25) is 0 Å². The average molecular weight is 723 g/mol. The average Bonchev–Trinajstić information content (AvgIpc) is 3.50. The Morgan fingerprint density at radius 3 is 1.62 bits per heavy atom. The van der Waals surface area contributed by atoms with Crippen LogP contribution in [0, 0.1) is 0 Å². The molecule has 8 aromatic carbocycles. The summed E-state index contributed by atoms with van der Waals surface area (Å²) in [7, 11) is -2.70. The van der Waals surface area contributed by atoms with Crippen molar-refractivity contribution in [3.05, 3.63) is 194 Å². The Hall–Kier alpha value is -6.67. The van der Waals surface area contributed by atoms with Gasteiger partial charge in [0.05, 0.1) is 11.4 Å². The second kappa shape index (κ2) is 13.3. The van der Waals surface area contributed by atoms with Crippen molar-refractivity contribution in [1.29, 1.82) is 0 Å². The molecule has 0 aliphatic carbocycles. The third-order valence-corrected chi connectivity index (χ3v) is 13.4. The number of benzene rings is 8. The second-order valence-electron chi connectivity index (χ2n) is 14.2. The Morgan fingerprint density at radius 1 is 0.382 bits per heavy atom. The lowest BCUT2D eigenvalue weighted by Gasteiger charge is -2.15. The topological polar surface area (TPSA) is 42.9 Å². The van der Waals surface area contributed by atoms with E-state index in [0.29, 0.717) is 5.82 Å². The zero-order valence-electron chi connectivity index (χ0n) is 30.2. The maximum Gasteiger partial charge on any atom is 0.160 e. The van der Waals surface area contributed by atoms with Crippen molar-refractivity contribution < 1.29 is 4.57 Å². The van der Waals surface area contributed by atoms with Gasteiger partial charge < -0.3 is 4.57 Å². The summed E-state index contributed by atoms with van der Waals surface area (Å²) in [5.74, 6) is 0.691. The van der Waals surface area contributed by atoms with Gasteiger partial charge in [-0.25, -0.2) is 9.97 Å². The van der Waals surface area contributed by atoms with Crippen LogP contribution in [0.5, 0.6) is 0 Å². The first-order chi connectivity index (χ1) is 27.0. The van der Waals surface area contributed by atoms with Crippen LogP contribution in [0.1, 0.15) is 0 Å². The van der Waals surface area contributed by atoms with Gasteiger partial charge in [-0.3, -0.25) is 0 Å². The summed E-state index contributed by atoms with van der Waals surface area (Å²) in [6, 6.07) is 67.6. The van der Waals surface area contributed by atoms with Crippen LogP contribution in [0.15, 0.2) is 194 Å². The summed E-state index contributed by atoms with van der Waals surface area (Å²) in [6.07, 6.45) is 0. The van der Waals surface area contributed by atoms with E-state index in [1.165, 1.54) is 16.5 Å². The van der Waals surface area contributed by atoms with Crippen LogP contribution in [0.2, 0.25) is 0 Å². The van der Waals surface area contributed by atoms with Gasteiger partial charge in [0.25, 0.3) is 0 Å². The zero-order valence-corrected chi connectivity index (χ0v) is 31.1. The Morgan fingerprint density at radius 2 is 0.909 bits per heavy atom. The lowest BCUT2D eigenvalue weighted by Crippen LogP contribution is -2.07. The predicted molar refractivity (Wildman–Crippen MR) is 230 cm³/mol. The van der Waals surface area contributed by atoms with E-state index < -0.39 is 7.14 Å². The van der Waals surface area contributed by atoms with E-state index in [1.807, 2.05) is 55.2 Å². The highest BCUT2D eigenvalue weighted by molar-refractivity contribution is 7.79. The van der Waals surface area contributed by atoms with Crippen molar-refractivity contribution in [2.45, 2.75) is 0 Å². The number of nitrogens with zero attached hydrogens (tertiary/aromatic N) is 2. The molecule has 1 unspecified atom stereocenters. The summed E-state index contributed by atoms with van der Waals surface area (Å²) >= 11 is 0. The molecular formula is C51H35N2OP. The van der Waals surface area contributed by atoms with Crippen LogP contribution >= 0.6 is 7.14 Å². The standard InChI is InChI=1S/C51H35N2OP/c1-55(54)48-21-11-10-19-44(48)50-43(20-12-22-49(50)55)41-31-40-17-8-9-18-42(40)45(32-41)36-25-29-38(30-26-36)47-33-46(52-51(53-47)39-15-6-3-7-16-39)37-27-23-35(24-28-37)34-13-4-2-5-14-34/h2-33H,1H3. The van der Waals surface area contributed by atoms with Crippen molar-refractivity contribution in [2.24, 2.45) is 0 Å². The van der Waals surface area contributed by atoms with Gasteiger partial charge in [0, 0.05) is 32.9 Å². The molecule has 1 atom stereocenters. The van der Waals surface area contributed by atoms with Gasteiger partial charge in [-0.1, -0.05) is 176 Å². The summed E-state index contributed by atoms with van der Waals surface area (Å²) < 4.78 is 14.2. The Bertz CT molecular complexity index is 2940. The van der Waals surface area contributed by atoms with Crippen molar-refractivity contribution in [1.82, 2.24) is 9.97 Å². The Balaban J connectivity index is 1.07. The minimum absolute atomic E-state index is 0.691. The second-order valence-corrected chi connectivity index (χ2v) is 17.0. The molecule has 4 heteroatoms. The fourth-order valence-electron chi connectivity index (χ4n) is 8.06. The third kappa shape index (κ3) is 5.81. The first-order valence-corrected chi connectivity index (χ1v) is 20.7. The van der Waals surface area contributed by atoms with Crippen LogP contribution < -0.4 is 10.6 Å². The number of fused-ring (bicyclic) bond motifs is 4. The van der Waals surface area contributed by atoms with Crippen LogP contribution in [0.4, 0.5) is 0 Å². The van der Waals surface area contributed by atoms with E-state index >= 15 is 0 Å². The summed E-state index contributed by atoms with van der Waals surface area (Å²) in [4.78, 5) is 10.2. The molecule has 0 saturated carbocycles. The molecule has 0 spiro atoms. The van der Waals surface area contributed by atoms with Gasteiger partial charge in [0.15, 0.2) is 5.82 Å². The fourth-order valence-corrected chi connectivity index (χ4v) is 10.4. The maximum absolute atomic E-state index is 14.2. The van der Waals surface area contributed by atoms with Crippen molar-refractivity contribution in [3.63, 3.8) is 0 Å². The monoisotopic (exact) mass is 722 g/mol. The molecule has 1 aromatic heterocycles. The summed E-state index contributed by atoms with van der Waals surface area (Å²) in [5, 5.41) is 4.23. The largest absolute Gasteiger partial charge is 0.314 e. The third-order valence-electron chi connectivity index (χ3n) is 10.8. The van der Waals surface area contributed by atoms with Gasteiger partial charge in [-0.15, -0.1) is 0 Å². The van der Waals surface area contributed by atoms with E-state index in [9.17, 15) is 4.57 Å². The highest BCUT2D eigenvalue weighted by Gasteiger charge is 2.36. The minimum atomic E-state index is -2.70. The molecule has 0 radical (unpaired) electrons. The highest BCUT2D eigenvalue weighted by Crippen LogP contribution is 2.52. The van der Waals surface area contributed by atoms with Gasteiger partial charge >= 0.3 is 0 Å². The lowest BCUT2D eigenvalue weighted by molar-refractivity contribution is 0.591. The normalized spacial score (nSPS) is 14.4. The van der Waals surface area contributed by atoms with E-state index in [2.05, 4.69) is 146 Å². The molecule has 1 aliphatic heterocycles.